The van der Waals surface area contributed by atoms with Crippen molar-refractivity contribution in [1.29, 1.82) is 0 Å². The van der Waals surface area contributed by atoms with Crippen LogP contribution in [0.15, 0.2) is 188 Å². The average Bonchev–Trinajstić information content (AvgIpc) is 1.55. The highest BCUT2D eigenvalue weighted by atomic mass is 15.3. The zero-order valence-corrected chi connectivity index (χ0v) is 58.0. The van der Waals surface area contributed by atoms with Crippen molar-refractivity contribution in [3.05, 3.63) is 227 Å². The lowest BCUT2D eigenvalue weighted by Gasteiger charge is -2.53. The number of anilines is 11. The van der Waals surface area contributed by atoms with Crippen LogP contribution in [0.2, 0.25) is 0 Å². The van der Waals surface area contributed by atoms with Crippen molar-refractivity contribution in [2.75, 3.05) is 19.6 Å². The van der Waals surface area contributed by atoms with Crippen LogP contribution in [0.1, 0.15) is 202 Å². The van der Waals surface area contributed by atoms with E-state index in [9.17, 15) is 0 Å². The van der Waals surface area contributed by atoms with Gasteiger partial charge in [0.1, 0.15) is 0 Å². The third-order valence-corrected chi connectivity index (χ3v) is 22.7. The first-order valence-electron chi connectivity index (χ1n) is 34.2. The van der Waals surface area contributed by atoms with Crippen LogP contribution in [0.3, 0.4) is 0 Å². The maximum Gasteiger partial charge on any atom is 0.252 e. The minimum Gasteiger partial charge on any atom is -0.335 e. The summed E-state index contributed by atoms with van der Waals surface area (Å²) in [6.07, 6.45) is 6.97. The summed E-state index contributed by atoms with van der Waals surface area (Å²) in [5.41, 5.74) is 29.2. The Morgan fingerprint density at radius 1 is 0.363 bits per heavy atom. The largest absolute Gasteiger partial charge is 0.335 e. The molecule has 2 unspecified atom stereocenters. The maximum atomic E-state index is 2.91. The predicted octanol–water partition coefficient (Wildman–Crippen LogP) is 22.2. The van der Waals surface area contributed by atoms with Gasteiger partial charge in [-0.25, -0.2) is 0 Å². The zero-order valence-electron chi connectivity index (χ0n) is 58.0. The average molecular weight is 1200 g/mol. The second kappa shape index (κ2) is 20.9. The van der Waals surface area contributed by atoms with E-state index < -0.39 is 0 Å². The van der Waals surface area contributed by atoms with Gasteiger partial charge in [0.2, 0.25) is 0 Å². The molecule has 464 valence electrons. The third-order valence-electron chi connectivity index (χ3n) is 22.7. The predicted molar refractivity (Wildman–Crippen MR) is 393 cm³/mol. The Morgan fingerprint density at radius 3 is 1.30 bits per heavy atom. The van der Waals surface area contributed by atoms with Gasteiger partial charge in [0.25, 0.3) is 6.71 Å². The molecule has 3 heterocycles. The fourth-order valence-electron chi connectivity index (χ4n) is 16.8. The Balaban J connectivity index is 1.13. The lowest BCUT2D eigenvalue weighted by atomic mass is 9.33. The summed E-state index contributed by atoms with van der Waals surface area (Å²) in [5, 5.41) is 0. The van der Waals surface area contributed by atoms with Crippen LogP contribution in [-0.2, 0) is 37.9 Å². The van der Waals surface area contributed by atoms with E-state index in [1.165, 1.54) is 108 Å². The fourth-order valence-corrected chi connectivity index (χ4v) is 16.8. The molecule has 9 aromatic rings. The number of nitrogens with zero attached hydrogens (tertiary/aromatic N) is 4. The number of hydrogen-bond donors (Lipinski definition) is 0. The summed E-state index contributed by atoms with van der Waals surface area (Å²) in [7, 11) is 0. The molecular weight excluding hydrogens is 1100 g/mol. The third kappa shape index (κ3) is 9.82. The summed E-state index contributed by atoms with van der Waals surface area (Å²) < 4.78 is 0. The number of para-hydroxylation sites is 1. The van der Waals surface area contributed by atoms with Crippen LogP contribution in [0.5, 0.6) is 0 Å². The number of hydrogen-bond acceptors (Lipinski definition) is 4. The molecular formula is C86H97BN4. The van der Waals surface area contributed by atoms with E-state index in [0.717, 1.165) is 59.8 Å². The first-order valence-corrected chi connectivity index (χ1v) is 34.2. The van der Waals surface area contributed by atoms with Gasteiger partial charge in [0.15, 0.2) is 0 Å². The highest BCUT2D eigenvalue weighted by molar-refractivity contribution is 7.00. The molecule has 3 aliphatic heterocycles. The van der Waals surface area contributed by atoms with Crippen LogP contribution < -0.4 is 36.0 Å². The second-order valence-corrected chi connectivity index (χ2v) is 33.7. The van der Waals surface area contributed by atoms with E-state index in [1.807, 2.05) is 0 Å². The standard InChI is InChI=1S/C86H97BN4/c1-79(2,3)57-29-37-61(38-30-57)88(62-39-31-58(32-40-62)80(4,5)6)65-45-46-71-74(51-65)90(73-55-70-69(83(13,14)49-50-84(70,15)16)54-67(73)56-25-20-19-21-26-56)75-52-66(89(63-41-33-59(34-42-63)81(7,8)9)64-43-35-60(36-44-64)82(10,11)12)53-76-77(75)87(71)72-28-24-27-68-78(72)91(76)86(18)48-23-22-47-85(68,86)17/h19-21,24-46,51-55H,22-23,47-50H2,1-18H3. The van der Waals surface area contributed by atoms with Gasteiger partial charge in [-0.05, 0) is 211 Å². The van der Waals surface area contributed by atoms with Crippen LogP contribution in [0.4, 0.5) is 62.6 Å². The minimum absolute atomic E-state index is 0.00510. The molecule has 5 aliphatic rings. The monoisotopic (exact) mass is 1200 g/mol. The maximum absolute atomic E-state index is 2.91. The molecule has 2 atom stereocenters. The summed E-state index contributed by atoms with van der Waals surface area (Å²) in [5.74, 6) is 0. The van der Waals surface area contributed by atoms with Crippen molar-refractivity contribution in [3.8, 4) is 11.1 Å². The van der Waals surface area contributed by atoms with E-state index in [1.54, 1.807) is 0 Å². The molecule has 1 saturated carbocycles. The number of benzene rings is 9. The van der Waals surface area contributed by atoms with Gasteiger partial charge >= 0.3 is 0 Å². The summed E-state index contributed by atoms with van der Waals surface area (Å²) in [6.45, 7) is 43.0. The molecule has 0 aromatic heterocycles. The molecule has 0 bridgehead atoms. The van der Waals surface area contributed by atoms with Gasteiger partial charge in [-0.15, -0.1) is 0 Å². The van der Waals surface area contributed by atoms with Crippen molar-refractivity contribution >= 4 is 85.7 Å². The Kier molecular flexibility index (Phi) is 13.9. The van der Waals surface area contributed by atoms with Gasteiger partial charge in [0, 0.05) is 62.2 Å². The molecule has 9 aromatic carbocycles. The molecule has 4 nitrogen and oxygen atoms in total. The molecule has 0 spiro atoms. The second-order valence-electron chi connectivity index (χ2n) is 33.7. The molecule has 2 aliphatic carbocycles. The minimum atomic E-state index is -0.175. The van der Waals surface area contributed by atoms with E-state index in [4.69, 9.17) is 0 Å². The van der Waals surface area contributed by atoms with E-state index in [0.29, 0.717) is 0 Å². The van der Waals surface area contributed by atoms with Crippen molar-refractivity contribution in [1.82, 2.24) is 0 Å². The quantitative estimate of drug-likeness (QED) is 0.141. The summed E-state index contributed by atoms with van der Waals surface area (Å²) in [6, 6.07) is 74.7. The Hall–Kier alpha value is -7.76. The summed E-state index contributed by atoms with van der Waals surface area (Å²) in [4.78, 5) is 10.8. The van der Waals surface area contributed by atoms with Gasteiger partial charge in [-0.1, -0.05) is 234 Å². The fraction of sp³-hybridized carbons (Fsp3) is 0.372. The SMILES string of the molecule is CC(C)(C)c1ccc(N(c2ccc(C(C)(C)C)cc2)c2ccc3c(c2)N(c2cc4c(cc2-c2ccccc2)C(C)(C)CCC4(C)C)c2cc(N(c4ccc(C(C)(C)C)cc4)c4ccc(C(C)(C)C)cc4)cc4c2B3c2cccc3c2N4C2(C)CCCCC32C)cc1. The highest BCUT2D eigenvalue weighted by Crippen LogP contribution is 2.63. The topological polar surface area (TPSA) is 13.0 Å². The van der Waals surface area contributed by atoms with E-state index >= 15 is 0 Å². The molecule has 0 saturated heterocycles. The van der Waals surface area contributed by atoms with Gasteiger partial charge < -0.3 is 19.6 Å². The van der Waals surface area contributed by atoms with Crippen molar-refractivity contribution in [2.45, 2.75) is 207 Å². The van der Waals surface area contributed by atoms with Gasteiger partial charge in [0.05, 0.1) is 16.9 Å². The molecule has 0 amide bonds. The van der Waals surface area contributed by atoms with E-state index in [2.05, 4.69) is 332 Å². The Morgan fingerprint density at radius 2 is 0.802 bits per heavy atom. The summed E-state index contributed by atoms with van der Waals surface area (Å²) >= 11 is 0. The Labute approximate surface area is 546 Å². The molecule has 91 heavy (non-hydrogen) atoms. The lowest BCUT2D eigenvalue weighted by Crippen LogP contribution is -2.64. The van der Waals surface area contributed by atoms with Crippen molar-refractivity contribution in [3.63, 3.8) is 0 Å². The van der Waals surface area contributed by atoms with Gasteiger partial charge in [-0.3, -0.25) is 0 Å². The zero-order chi connectivity index (χ0) is 64.3. The molecule has 0 radical (unpaired) electrons. The normalized spacial score (nSPS) is 19.5. The highest BCUT2D eigenvalue weighted by Gasteiger charge is 2.61. The number of fused-ring (bicyclic) bond motifs is 8. The first kappa shape index (κ1) is 60.8. The lowest BCUT2D eigenvalue weighted by molar-refractivity contribution is 0.195. The van der Waals surface area contributed by atoms with Crippen LogP contribution in [0, 0.1) is 0 Å². The first-order chi connectivity index (χ1) is 42.9. The van der Waals surface area contributed by atoms with Crippen molar-refractivity contribution in [2.24, 2.45) is 0 Å². The molecule has 5 heteroatoms. The van der Waals surface area contributed by atoms with Gasteiger partial charge in [-0.2, -0.15) is 0 Å². The van der Waals surface area contributed by atoms with E-state index in [-0.39, 0.29) is 50.2 Å². The Bertz CT molecular complexity index is 4180. The smallest absolute Gasteiger partial charge is 0.252 e. The van der Waals surface area contributed by atoms with Crippen LogP contribution >= 0.6 is 0 Å². The molecule has 1 fully saturated rings. The molecule has 14 rings (SSSR count). The van der Waals surface area contributed by atoms with Crippen molar-refractivity contribution < 1.29 is 0 Å². The number of rotatable bonds is 8. The molecule has 0 N–H and O–H groups in total. The van der Waals surface area contributed by atoms with Crippen LogP contribution in [0.25, 0.3) is 11.1 Å². The van der Waals surface area contributed by atoms with Crippen LogP contribution in [-0.4, -0.2) is 12.3 Å².